The molecule has 334 valence electrons. The number of hydrogen-bond acceptors (Lipinski definition) is 11. The first-order chi connectivity index (χ1) is 30.3. The molecule has 0 bridgehead atoms. The molecular formula is C46H53ClN6O9S. The Hall–Kier alpha value is -5.22. The van der Waals surface area contributed by atoms with Crippen LogP contribution in [0, 0.1) is 5.92 Å². The van der Waals surface area contributed by atoms with Gasteiger partial charge >= 0.3 is 6.09 Å². The highest BCUT2D eigenvalue weighted by atomic mass is 35.5. The van der Waals surface area contributed by atoms with Gasteiger partial charge in [0, 0.05) is 28.3 Å². The summed E-state index contributed by atoms with van der Waals surface area (Å²) in [6, 6.07) is 10.9. The molecule has 2 aliphatic heterocycles. The summed E-state index contributed by atoms with van der Waals surface area (Å²) >= 11 is 6.44. The van der Waals surface area contributed by atoms with Gasteiger partial charge in [-0.1, -0.05) is 74.7 Å². The molecule has 4 heterocycles. The van der Waals surface area contributed by atoms with Crippen LogP contribution >= 0.6 is 11.6 Å². The van der Waals surface area contributed by atoms with Crippen molar-refractivity contribution in [2.75, 3.05) is 6.54 Å². The quantitative estimate of drug-likeness (QED) is 0.144. The summed E-state index contributed by atoms with van der Waals surface area (Å²) in [5.41, 5.74) is 1.56. The van der Waals surface area contributed by atoms with Crippen LogP contribution in [0.4, 0.5) is 4.79 Å². The van der Waals surface area contributed by atoms with Gasteiger partial charge in [-0.2, -0.15) is 4.98 Å². The third kappa shape index (κ3) is 9.11. The first kappa shape index (κ1) is 43.1. The Morgan fingerprint density at radius 1 is 0.968 bits per heavy atom. The van der Waals surface area contributed by atoms with Crippen molar-refractivity contribution in [3.8, 4) is 17.3 Å². The van der Waals surface area contributed by atoms with Crippen LogP contribution < -0.4 is 20.1 Å². The summed E-state index contributed by atoms with van der Waals surface area (Å²) in [5, 5.41) is 6.23. The number of furan rings is 1. The van der Waals surface area contributed by atoms with Crippen LogP contribution in [0.15, 0.2) is 59.0 Å². The number of nitrogens with one attached hydrogen (secondary N) is 3. The highest BCUT2D eigenvalue weighted by Crippen LogP contribution is 2.46. The van der Waals surface area contributed by atoms with Crippen LogP contribution in [-0.2, 0) is 29.1 Å². The number of allylic oxidation sites excluding steroid dienone is 1. The Morgan fingerprint density at radius 3 is 2.48 bits per heavy atom. The third-order valence-corrected chi connectivity index (χ3v) is 15.1. The monoisotopic (exact) mass is 900 g/mol. The van der Waals surface area contributed by atoms with Crippen molar-refractivity contribution in [3.63, 3.8) is 0 Å². The zero-order valence-corrected chi connectivity index (χ0v) is 37.0. The lowest BCUT2D eigenvalue weighted by atomic mass is 10.0. The maximum atomic E-state index is 14.8. The van der Waals surface area contributed by atoms with E-state index < -0.39 is 68.7 Å². The predicted octanol–water partition coefficient (Wildman–Crippen LogP) is 7.21. The Morgan fingerprint density at radius 2 is 1.73 bits per heavy atom. The van der Waals surface area contributed by atoms with Crippen molar-refractivity contribution in [2.24, 2.45) is 5.92 Å². The molecule has 5 aliphatic rings. The second kappa shape index (κ2) is 17.4. The maximum absolute atomic E-state index is 14.8. The molecule has 4 amide bonds. The van der Waals surface area contributed by atoms with E-state index in [1.54, 1.807) is 18.2 Å². The smallest absolute Gasteiger partial charge is 0.408 e. The molecule has 4 fully saturated rings. The van der Waals surface area contributed by atoms with Crippen molar-refractivity contribution in [3.05, 3.63) is 65.2 Å². The van der Waals surface area contributed by atoms with Gasteiger partial charge < -0.3 is 29.4 Å². The Bertz CT molecular complexity index is 2570. The molecule has 1 saturated heterocycles. The van der Waals surface area contributed by atoms with Crippen molar-refractivity contribution < 1.29 is 41.5 Å². The van der Waals surface area contributed by atoms with Gasteiger partial charge in [-0.25, -0.2) is 18.2 Å². The number of alkyl carbamates (subject to hydrolysis) is 1. The maximum Gasteiger partial charge on any atom is 0.408 e. The molecule has 3 N–H and O–H groups in total. The second-order valence-electron chi connectivity index (χ2n) is 18.1. The van der Waals surface area contributed by atoms with E-state index in [4.69, 9.17) is 35.5 Å². The lowest BCUT2D eigenvalue weighted by Gasteiger charge is -2.30. The number of hydrogen-bond donors (Lipinski definition) is 3. The number of ether oxygens (including phenoxy) is 2. The van der Waals surface area contributed by atoms with Gasteiger partial charge in [0.15, 0.2) is 5.82 Å². The van der Waals surface area contributed by atoms with Crippen molar-refractivity contribution in [2.45, 2.75) is 138 Å². The van der Waals surface area contributed by atoms with E-state index in [-0.39, 0.29) is 37.0 Å². The number of rotatable bonds is 9. The molecule has 0 unspecified atom stereocenters. The Balaban J connectivity index is 1.06. The van der Waals surface area contributed by atoms with E-state index >= 15 is 0 Å². The number of nitrogens with zero attached hydrogens (tertiary/aromatic N) is 3. The average molecular weight is 901 g/mol. The molecule has 63 heavy (non-hydrogen) atoms. The SMILES string of the molecule is CC(C)c1ccc(-c2nc(O[C@@H]3C[C@H]4C(=O)N[C@]5(C(=O)NS(=O)(=O)C6CC6)C[C@H]5C=CCCCCC[C@H](NC(=O)OC5CCCC5)C(=O)N4C3)c3oc4ccc(Cl)cc4c3n2)cc1. The molecule has 17 heteroatoms. The van der Waals surface area contributed by atoms with Gasteiger partial charge in [-0.15, -0.1) is 0 Å². The number of fused-ring (bicyclic) bond motifs is 5. The largest absolute Gasteiger partial charge is 0.470 e. The Labute approximate surface area is 371 Å². The summed E-state index contributed by atoms with van der Waals surface area (Å²) in [5.74, 6) is -1.64. The molecule has 3 saturated carbocycles. The number of carbonyl (C=O) groups is 4. The fraction of sp³-hybridized carbons (Fsp3) is 0.522. The van der Waals surface area contributed by atoms with Gasteiger partial charge in [0.05, 0.1) is 11.8 Å². The highest BCUT2D eigenvalue weighted by Gasteiger charge is 2.62. The summed E-state index contributed by atoms with van der Waals surface area (Å²) in [4.78, 5) is 67.9. The van der Waals surface area contributed by atoms with Crippen LogP contribution in [-0.4, -0.2) is 88.7 Å². The second-order valence-corrected chi connectivity index (χ2v) is 20.5. The molecule has 0 spiro atoms. The molecule has 15 nitrogen and oxygen atoms in total. The van der Waals surface area contributed by atoms with Crippen LogP contribution in [0.5, 0.6) is 5.88 Å². The zero-order valence-electron chi connectivity index (χ0n) is 35.4. The van der Waals surface area contributed by atoms with E-state index in [1.807, 2.05) is 36.4 Å². The first-order valence-corrected chi connectivity index (χ1v) is 24.2. The molecule has 3 aliphatic carbocycles. The van der Waals surface area contributed by atoms with E-state index in [9.17, 15) is 27.6 Å². The van der Waals surface area contributed by atoms with Crippen LogP contribution in [0.1, 0.15) is 109 Å². The molecule has 5 atom stereocenters. The molecule has 2 aromatic heterocycles. The van der Waals surface area contributed by atoms with Crippen LogP contribution in [0.3, 0.4) is 0 Å². The van der Waals surface area contributed by atoms with Crippen molar-refractivity contribution in [1.29, 1.82) is 0 Å². The van der Waals surface area contributed by atoms with Crippen molar-refractivity contribution >= 4 is 67.5 Å². The summed E-state index contributed by atoms with van der Waals surface area (Å²) in [7, 11) is -3.93. The number of sulfonamides is 1. The van der Waals surface area contributed by atoms with Crippen LogP contribution in [0.25, 0.3) is 33.5 Å². The molecule has 9 rings (SSSR count). The van der Waals surface area contributed by atoms with Gasteiger partial charge in [-0.05, 0) is 93.9 Å². The number of aromatic nitrogens is 2. The molecular weight excluding hydrogens is 848 g/mol. The van der Waals surface area contributed by atoms with Gasteiger partial charge in [0.25, 0.3) is 11.8 Å². The number of carbonyl (C=O) groups excluding carboxylic acids is 4. The summed E-state index contributed by atoms with van der Waals surface area (Å²) in [6.07, 6.45) is 9.73. The summed E-state index contributed by atoms with van der Waals surface area (Å²) < 4.78 is 46.9. The van der Waals surface area contributed by atoms with E-state index in [0.717, 1.165) is 49.7 Å². The first-order valence-electron chi connectivity index (χ1n) is 22.3. The molecule has 4 aromatic rings. The number of benzene rings is 2. The number of amides is 4. The molecule has 0 radical (unpaired) electrons. The zero-order chi connectivity index (χ0) is 44.0. The van der Waals surface area contributed by atoms with E-state index in [2.05, 4.69) is 29.2 Å². The van der Waals surface area contributed by atoms with Gasteiger partial charge in [0.1, 0.15) is 40.9 Å². The number of halogens is 1. The van der Waals surface area contributed by atoms with E-state index in [0.29, 0.717) is 65.4 Å². The predicted molar refractivity (Wildman–Crippen MR) is 235 cm³/mol. The lowest BCUT2D eigenvalue weighted by Crippen LogP contribution is -2.58. The summed E-state index contributed by atoms with van der Waals surface area (Å²) in [6.45, 7) is 4.14. The minimum Gasteiger partial charge on any atom is -0.470 e. The van der Waals surface area contributed by atoms with Crippen molar-refractivity contribution in [1.82, 2.24) is 30.2 Å². The fourth-order valence-corrected chi connectivity index (χ4v) is 10.7. The van der Waals surface area contributed by atoms with Gasteiger partial charge in [-0.3, -0.25) is 19.1 Å². The molecule has 2 aromatic carbocycles. The standard InChI is InChI=1S/C46H53ClN6O9S/c1-26(2)27-14-16-28(17-15-27)40-49-38-34-22-30(47)18-21-37(34)62-39(38)42(50-40)60-32-23-36-41(54)51-46(44(56)52-63(58,59)33-19-20-33)24-29(46)10-6-4-3-5-7-13-35(43(55)53(36)25-32)48-45(57)61-31-11-8-9-12-31/h6,10,14-18,21-22,26,29,31-33,35-36H,3-5,7-9,11-13,19-20,23-25H2,1-2H3,(H,48,57)(H,51,54)(H,52,56)/t29-,32-,35+,36+,46-/m1/s1. The normalized spacial score (nSPS) is 25.9. The minimum atomic E-state index is -3.93. The fourth-order valence-electron chi connectivity index (χ4n) is 9.16. The lowest BCUT2D eigenvalue weighted by molar-refractivity contribution is -0.141. The highest BCUT2D eigenvalue weighted by molar-refractivity contribution is 7.91. The van der Waals surface area contributed by atoms with E-state index in [1.165, 1.54) is 4.90 Å². The Kier molecular flexibility index (Phi) is 11.9. The van der Waals surface area contributed by atoms with Crippen LogP contribution in [0.2, 0.25) is 5.02 Å². The average Bonchev–Trinajstić information content (AvgIpc) is 4.07. The topological polar surface area (TPSA) is 199 Å². The van der Waals surface area contributed by atoms with Gasteiger partial charge in [0.2, 0.25) is 27.4 Å². The minimum absolute atomic E-state index is 0.0225. The third-order valence-electron chi connectivity index (χ3n) is 13.1.